The van der Waals surface area contributed by atoms with Gasteiger partial charge in [0.2, 0.25) is 5.91 Å². The zero-order valence-electron chi connectivity index (χ0n) is 17.0. The molecular weight excluding hydrogens is 405 g/mol. The Morgan fingerprint density at radius 3 is 2.40 bits per heavy atom. The lowest BCUT2D eigenvalue weighted by atomic mass is 9.92. The van der Waals surface area contributed by atoms with Gasteiger partial charge in [0.25, 0.3) is 5.56 Å². The summed E-state index contributed by atoms with van der Waals surface area (Å²) < 4.78 is 16.2. The molecule has 158 valence electrons. The van der Waals surface area contributed by atoms with E-state index in [1.165, 1.54) is 28.0 Å². The summed E-state index contributed by atoms with van der Waals surface area (Å²) in [5.41, 5.74) is 0.208. The molecule has 3 aromatic rings. The number of thiophene rings is 1. The van der Waals surface area contributed by atoms with Crippen molar-refractivity contribution < 1.29 is 9.18 Å². The minimum atomic E-state index is -0.526. The highest BCUT2D eigenvalue weighted by molar-refractivity contribution is 7.17. The van der Waals surface area contributed by atoms with Gasteiger partial charge >= 0.3 is 5.69 Å². The van der Waals surface area contributed by atoms with E-state index < -0.39 is 11.2 Å². The summed E-state index contributed by atoms with van der Waals surface area (Å²) in [4.78, 5) is 40.9. The first-order chi connectivity index (χ1) is 14.3. The normalized spacial score (nSPS) is 19.4. The van der Waals surface area contributed by atoms with Crippen molar-refractivity contribution in [2.45, 2.75) is 33.4 Å². The Balaban J connectivity index is 1.71. The molecule has 0 aliphatic carbocycles. The summed E-state index contributed by atoms with van der Waals surface area (Å²) in [5, 5.41) is 1.75. The summed E-state index contributed by atoms with van der Waals surface area (Å²) in [6.45, 7) is 5.54. The number of halogens is 1. The SMILES string of the molecule is CC1CC(C)CN(C(=O)Cn2c(=O)n(Cc3ccc(F)cc3)c(=O)c3sccc32)C1. The third-order valence-electron chi connectivity index (χ3n) is 5.61. The molecule has 3 heterocycles. The second-order valence-corrected chi connectivity index (χ2v) is 9.18. The molecule has 0 saturated carbocycles. The number of piperidine rings is 1. The smallest absolute Gasteiger partial charge is 0.332 e. The van der Waals surface area contributed by atoms with E-state index in [0.717, 1.165) is 11.0 Å². The molecular formula is C22H24FN3O3S. The van der Waals surface area contributed by atoms with Crippen molar-refractivity contribution in [1.29, 1.82) is 0 Å². The van der Waals surface area contributed by atoms with Crippen LogP contribution in [0.25, 0.3) is 10.2 Å². The average molecular weight is 430 g/mol. The summed E-state index contributed by atoms with van der Waals surface area (Å²) in [7, 11) is 0. The van der Waals surface area contributed by atoms with E-state index in [1.807, 2.05) is 4.90 Å². The van der Waals surface area contributed by atoms with E-state index in [9.17, 15) is 18.8 Å². The standard InChI is InChI=1S/C22H24FN3O3S/c1-14-9-15(2)11-24(10-14)19(27)13-25-18-7-8-30-20(18)21(28)26(22(25)29)12-16-3-5-17(23)6-4-16/h3-8,14-15H,9-13H2,1-2H3. The van der Waals surface area contributed by atoms with Crippen LogP contribution >= 0.6 is 11.3 Å². The number of carbonyl (C=O) groups is 1. The third kappa shape index (κ3) is 3.96. The quantitative estimate of drug-likeness (QED) is 0.641. The van der Waals surface area contributed by atoms with Crippen LogP contribution in [0.4, 0.5) is 4.39 Å². The molecule has 4 rings (SSSR count). The van der Waals surface area contributed by atoms with Gasteiger partial charge in [0.15, 0.2) is 0 Å². The minimum Gasteiger partial charge on any atom is -0.341 e. The Morgan fingerprint density at radius 1 is 1.07 bits per heavy atom. The molecule has 1 amide bonds. The van der Waals surface area contributed by atoms with Crippen LogP contribution < -0.4 is 11.2 Å². The molecule has 8 heteroatoms. The fourth-order valence-electron chi connectivity index (χ4n) is 4.30. The molecule has 0 N–H and O–H groups in total. The van der Waals surface area contributed by atoms with Gasteiger partial charge in [-0.15, -0.1) is 11.3 Å². The molecule has 1 saturated heterocycles. The van der Waals surface area contributed by atoms with Gasteiger partial charge in [-0.05, 0) is 47.4 Å². The number of rotatable bonds is 4. The monoisotopic (exact) mass is 429 g/mol. The Kier molecular flexibility index (Phi) is 5.60. The minimum absolute atomic E-state index is 0.0256. The van der Waals surface area contributed by atoms with Gasteiger partial charge < -0.3 is 4.90 Å². The van der Waals surface area contributed by atoms with Gasteiger partial charge in [-0.1, -0.05) is 26.0 Å². The summed E-state index contributed by atoms with van der Waals surface area (Å²) in [6, 6.07) is 7.40. The highest BCUT2D eigenvalue weighted by Gasteiger charge is 2.26. The molecule has 0 radical (unpaired) electrons. The molecule has 1 aromatic carbocycles. The van der Waals surface area contributed by atoms with E-state index in [-0.39, 0.29) is 24.8 Å². The van der Waals surface area contributed by atoms with E-state index in [4.69, 9.17) is 0 Å². The van der Waals surface area contributed by atoms with Crippen LogP contribution in [0, 0.1) is 17.7 Å². The number of likely N-dealkylation sites (tertiary alicyclic amines) is 1. The van der Waals surface area contributed by atoms with Crippen LogP contribution in [0.1, 0.15) is 25.8 Å². The van der Waals surface area contributed by atoms with E-state index in [0.29, 0.717) is 40.7 Å². The number of fused-ring (bicyclic) bond motifs is 1. The van der Waals surface area contributed by atoms with Gasteiger partial charge in [-0.3, -0.25) is 18.7 Å². The fourth-order valence-corrected chi connectivity index (χ4v) is 5.14. The van der Waals surface area contributed by atoms with Crippen LogP contribution in [0.15, 0.2) is 45.3 Å². The predicted molar refractivity (Wildman–Crippen MR) is 115 cm³/mol. The highest BCUT2D eigenvalue weighted by Crippen LogP contribution is 2.22. The zero-order chi connectivity index (χ0) is 21.4. The number of amides is 1. The lowest BCUT2D eigenvalue weighted by Gasteiger charge is -2.35. The van der Waals surface area contributed by atoms with Crippen LogP contribution in [0.5, 0.6) is 0 Å². The molecule has 1 aliphatic heterocycles. The maximum atomic E-state index is 13.2. The summed E-state index contributed by atoms with van der Waals surface area (Å²) in [5.74, 6) is 0.341. The van der Waals surface area contributed by atoms with Crippen molar-refractivity contribution in [2.24, 2.45) is 11.8 Å². The van der Waals surface area contributed by atoms with Gasteiger partial charge in [0.05, 0.1) is 12.1 Å². The second-order valence-electron chi connectivity index (χ2n) is 8.27. The number of aromatic nitrogens is 2. The van der Waals surface area contributed by atoms with Crippen molar-refractivity contribution in [3.63, 3.8) is 0 Å². The molecule has 30 heavy (non-hydrogen) atoms. The number of benzene rings is 1. The van der Waals surface area contributed by atoms with Gasteiger partial charge in [-0.25, -0.2) is 9.18 Å². The van der Waals surface area contributed by atoms with E-state index >= 15 is 0 Å². The van der Waals surface area contributed by atoms with Crippen LogP contribution in [0.2, 0.25) is 0 Å². The largest absolute Gasteiger partial charge is 0.341 e. The van der Waals surface area contributed by atoms with Gasteiger partial charge in [0.1, 0.15) is 17.1 Å². The molecule has 1 fully saturated rings. The van der Waals surface area contributed by atoms with Gasteiger partial charge in [0, 0.05) is 13.1 Å². The predicted octanol–water partition coefficient (Wildman–Crippen LogP) is 2.92. The Labute approximate surface area is 177 Å². The molecule has 2 unspecified atom stereocenters. The van der Waals surface area contributed by atoms with Crippen molar-refractivity contribution in [3.8, 4) is 0 Å². The van der Waals surface area contributed by atoms with Crippen LogP contribution in [-0.4, -0.2) is 33.0 Å². The Morgan fingerprint density at radius 2 is 1.73 bits per heavy atom. The molecule has 0 spiro atoms. The lowest BCUT2D eigenvalue weighted by Crippen LogP contribution is -2.47. The average Bonchev–Trinajstić information content (AvgIpc) is 3.19. The second kappa shape index (κ2) is 8.18. The first-order valence-electron chi connectivity index (χ1n) is 10.1. The number of hydrogen-bond donors (Lipinski definition) is 0. The van der Waals surface area contributed by atoms with Crippen molar-refractivity contribution in [3.05, 3.63) is 67.9 Å². The van der Waals surface area contributed by atoms with Crippen molar-refractivity contribution in [1.82, 2.24) is 14.0 Å². The third-order valence-corrected chi connectivity index (χ3v) is 6.50. The van der Waals surface area contributed by atoms with Crippen LogP contribution in [-0.2, 0) is 17.9 Å². The molecule has 1 aliphatic rings. The topological polar surface area (TPSA) is 64.3 Å². The molecule has 2 atom stereocenters. The van der Waals surface area contributed by atoms with Crippen LogP contribution in [0.3, 0.4) is 0 Å². The molecule has 2 aromatic heterocycles. The summed E-state index contributed by atoms with van der Waals surface area (Å²) in [6.07, 6.45) is 1.08. The van der Waals surface area contributed by atoms with Crippen molar-refractivity contribution in [2.75, 3.05) is 13.1 Å². The summed E-state index contributed by atoms with van der Waals surface area (Å²) >= 11 is 1.25. The Hall–Kier alpha value is -2.74. The van der Waals surface area contributed by atoms with Gasteiger partial charge in [-0.2, -0.15) is 0 Å². The van der Waals surface area contributed by atoms with E-state index in [2.05, 4.69) is 13.8 Å². The van der Waals surface area contributed by atoms with Crippen molar-refractivity contribution >= 4 is 27.5 Å². The first-order valence-corrected chi connectivity index (χ1v) is 10.9. The van der Waals surface area contributed by atoms with E-state index in [1.54, 1.807) is 23.6 Å². The highest BCUT2D eigenvalue weighted by atomic mass is 32.1. The zero-order valence-corrected chi connectivity index (χ0v) is 17.8. The number of nitrogens with zero attached hydrogens (tertiary/aromatic N) is 3. The maximum absolute atomic E-state index is 13.2. The molecule has 0 bridgehead atoms. The number of carbonyl (C=O) groups excluding carboxylic acids is 1. The maximum Gasteiger partial charge on any atom is 0.332 e. The fraction of sp³-hybridized carbons (Fsp3) is 0.409. The number of hydrogen-bond acceptors (Lipinski definition) is 4. The lowest BCUT2D eigenvalue weighted by molar-refractivity contribution is -0.134. The first kappa shape index (κ1) is 20.5. The Bertz CT molecular complexity index is 1190. The molecule has 6 nitrogen and oxygen atoms in total.